The third-order valence-corrected chi connectivity index (χ3v) is 5.64. The molecule has 24 heavy (non-hydrogen) atoms. The Labute approximate surface area is 142 Å². The summed E-state index contributed by atoms with van der Waals surface area (Å²) in [7, 11) is 0. The highest BCUT2D eigenvalue weighted by molar-refractivity contribution is 8.04. The maximum absolute atomic E-state index is 11.8. The number of aromatic hydroxyl groups is 1. The van der Waals surface area contributed by atoms with Crippen LogP contribution in [0.25, 0.3) is 0 Å². The fraction of sp³-hybridized carbons (Fsp3) is 0.375. The number of phenols is 1. The summed E-state index contributed by atoms with van der Waals surface area (Å²) in [4.78, 5) is 27.7. The predicted octanol–water partition coefficient (Wildman–Crippen LogP) is 2.72. The van der Waals surface area contributed by atoms with Gasteiger partial charge in [-0.3, -0.25) is 19.9 Å². The summed E-state index contributed by atoms with van der Waals surface area (Å²) in [6.45, 7) is 0. The summed E-state index contributed by atoms with van der Waals surface area (Å²) in [5, 5.41) is 20.0. The van der Waals surface area contributed by atoms with Crippen molar-refractivity contribution >= 4 is 29.6 Å². The smallest absolute Gasteiger partial charge is 0.311 e. The summed E-state index contributed by atoms with van der Waals surface area (Å²) in [5.74, 6) is -1.18. The number of nitrogens with two attached hydrogens (primary N) is 1. The Kier molecular flexibility index (Phi) is 4.57. The average Bonchev–Trinajstić information content (AvgIpc) is 2.92. The van der Waals surface area contributed by atoms with Gasteiger partial charge in [-0.2, -0.15) is 0 Å². The quantitative estimate of drug-likeness (QED) is 0.493. The second-order valence-corrected chi connectivity index (χ2v) is 7.04. The van der Waals surface area contributed by atoms with Gasteiger partial charge < -0.3 is 10.8 Å². The number of rotatable bonds is 4. The molecule has 1 aromatic carbocycles. The van der Waals surface area contributed by atoms with E-state index in [1.165, 1.54) is 29.3 Å². The van der Waals surface area contributed by atoms with Crippen LogP contribution < -0.4 is 5.73 Å². The number of allylic oxidation sites excluding steroid dienone is 1. The minimum absolute atomic E-state index is 0.321. The van der Waals surface area contributed by atoms with E-state index in [1.807, 2.05) is 0 Å². The molecule has 3 rings (SSSR count). The lowest BCUT2D eigenvalue weighted by Gasteiger charge is -2.17. The van der Waals surface area contributed by atoms with Gasteiger partial charge in [-0.25, -0.2) is 0 Å². The van der Waals surface area contributed by atoms with Crippen molar-refractivity contribution in [3.63, 3.8) is 0 Å². The van der Waals surface area contributed by atoms with Crippen LogP contribution in [-0.2, 0) is 4.79 Å². The number of amides is 1. The molecule has 0 unspecified atom stereocenters. The molecule has 0 bridgehead atoms. The van der Waals surface area contributed by atoms with Gasteiger partial charge in [0.2, 0.25) is 5.91 Å². The number of primary amides is 1. The largest absolute Gasteiger partial charge is 0.502 e. The molecule has 0 aromatic heterocycles. The Morgan fingerprint density at radius 1 is 1.42 bits per heavy atom. The fourth-order valence-electron chi connectivity index (χ4n) is 3.11. The van der Waals surface area contributed by atoms with Crippen molar-refractivity contribution in [2.75, 3.05) is 0 Å². The Bertz CT molecular complexity index is 760. The number of nitrogens with zero attached hydrogens (tertiary/aromatic N) is 2. The highest BCUT2D eigenvalue weighted by Gasteiger charge is 2.39. The van der Waals surface area contributed by atoms with Crippen LogP contribution >= 0.6 is 11.8 Å². The van der Waals surface area contributed by atoms with E-state index < -0.39 is 10.8 Å². The second kappa shape index (κ2) is 6.64. The second-order valence-electron chi connectivity index (χ2n) is 5.83. The minimum Gasteiger partial charge on any atom is -0.502 e. The Hall–Kier alpha value is -2.35. The van der Waals surface area contributed by atoms with Crippen LogP contribution in [0.4, 0.5) is 5.69 Å². The van der Waals surface area contributed by atoms with Crippen molar-refractivity contribution in [2.24, 2.45) is 16.6 Å². The van der Waals surface area contributed by atoms with E-state index in [0.29, 0.717) is 5.56 Å². The summed E-state index contributed by atoms with van der Waals surface area (Å²) >= 11 is 1.56. The third-order valence-electron chi connectivity index (χ3n) is 4.25. The van der Waals surface area contributed by atoms with Crippen LogP contribution in [0.5, 0.6) is 5.75 Å². The zero-order valence-corrected chi connectivity index (χ0v) is 13.7. The maximum atomic E-state index is 11.8. The van der Waals surface area contributed by atoms with Gasteiger partial charge in [-0.05, 0) is 53.9 Å². The third kappa shape index (κ3) is 3.14. The molecular weight excluding hydrogens is 330 g/mol. The highest BCUT2D eigenvalue weighted by atomic mass is 32.2. The summed E-state index contributed by atoms with van der Waals surface area (Å²) in [5.41, 5.74) is 6.79. The molecule has 3 N–H and O–H groups in total. The van der Waals surface area contributed by atoms with Crippen LogP contribution in [0.1, 0.15) is 31.2 Å². The molecule has 126 valence electrons. The number of nitro groups is 1. The van der Waals surface area contributed by atoms with Crippen molar-refractivity contribution < 1.29 is 14.8 Å². The zero-order chi connectivity index (χ0) is 17.3. The number of carbonyl (C=O) groups is 1. The van der Waals surface area contributed by atoms with E-state index in [0.717, 1.165) is 31.3 Å². The topological polar surface area (TPSA) is 119 Å². The van der Waals surface area contributed by atoms with Crippen molar-refractivity contribution in [2.45, 2.75) is 31.1 Å². The maximum Gasteiger partial charge on any atom is 0.311 e. The minimum atomic E-state index is -0.649. The molecule has 1 aliphatic carbocycles. The molecule has 2 aliphatic rings. The molecular formula is C16H17N3O4S. The molecule has 1 heterocycles. The van der Waals surface area contributed by atoms with Gasteiger partial charge in [0, 0.05) is 12.3 Å². The molecule has 0 saturated carbocycles. The molecule has 1 amide bonds. The van der Waals surface area contributed by atoms with Crippen molar-refractivity contribution in [1.29, 1.82) is 0 Å². The number of benzene rings is 1. The number of hydrogen-bond acceptors (Lipinski definition) is 6. The van der Waals surface area contributed by atoms with E-state index in [2.05, 4.69) is 4.99 Å². The van der Waals surface area contributed by atoms with Gasteiger partial charge in [-0.15, -0.1) is 11.8 Å². The van der Waals surface area contributed by atoms with E-state index in [1.54, 1.807) is 11.8 Å². The molecule has 0 radical (unpaired) electrons. The van der Waals surface area contributed by atoms with E-state index >= 15 is 0 Å². The normalized spacial score (nSPS) is 23.5. The van der Waals surface area contributed by atoms with Gasteiger partial charge in [0.05, 0.1) is 10.8 Å². The van der Waals surface area contributed by atoms with Gasteiger partial charge in [0.25, 0.3) is 0 Å². The lowest BCUT2D eigenvalue weighted by molar-refractivity contribution is -0.385. The van der Waals surface area contributed by atoms with E-state index in [-0.39, 0.29) is 22.7 Å². The Balaban J connectivity index is 1.83. The van der Waals surface area contributed by atoms with Crippen LogP contribution in [0.15, 0.2) is 33.7 Å². The molecule has 0 fully saturated rings. The molecule has 0 spiro atoms. The van der Waals surface area contributed by atoms with Gasteiger partial charge in [0.1, 0.15) is 5.37 Å². The molecule has 8 heteroatoms. The lowest BCUT2D eigenvalue weighted by atomic mass is 9.89. The fourth-order valence-corrected chi connectivity index (χ4v) is 4.60. The first kappa shape index (κ1) is 16.5. The standard InChI is InChI=1S/C16H17N3O4S/c17-15(21)14-10-3-1-2-4-13(10)24-16(14)18-8-9-5-6-12(20)11(7-9)19(22)23/h5-8,14,16,20H,1-4H2,(H2,17,21)/t14-,16-/m1/s1. The number of hydrogen-bond donors (Lipinski definition) is 2. The molecule has 2 atom stereocenters. The van der Waals surface area contributed by atoms with Crippen LogP contribution in [0.2, 0.25) is 0 Å². The number of phenolic OH excluding ortho intramolecular Hbond substituents is 1. The summed E-state index contributed by atoms with van der Waals surface area (Å²) in [6.07, 6.45) is 5.51. The number of carbonyl (C=O) groups excluding carboxylic acids is 1. The summed E-state index contributed by atoms with van der Waals surface area (Å²) in [6, 6.07) is 4.05. The number of nitro benzene ring substituents is 1. The SMILES string of the molecule is NC(=O)[C@H]1C2=C(CCCC2)S[C@H]1N=Cc1ccc(O)c([N+](=O)[O-])c1. The average molecular weight is 347 g/mol. The Morgan fingerprint density at radius 3 is 2.88 bits per heavy atom. The first-order valence-corrected chi connectivity index (χ1v) is 8.54. The monoisotopic (exact) mass is 347 g/mol. The molecule has 1 aliphatic heterocycles. The van der Waals surface area contributed by atoms with Crippen molar-refractivity contribution in [1.82, 2.24) is 0 Å². The zero-order valence-electron chi connectivity index (χ0n) is 12.8. The number of aliphatic imine (C=N–C) groups is 1. The van der Waals surface area contributed by atoms with Crippen LogP contribution in [-0.4, -0.2) is 27.5 Å². The first-order chi connectivity index (χ1) is 11.5. The van der Waals surface area contributed by atoms with Crippen LogP contribution in [0.3, 0.4) is 0 Å². The van der Waals surface area contributed by atoms with Crippen molar-refractivity contribution in [3.05, 3.63) is 44.4 Å². The molecule has 0 saturated heterocycles. The van der Waals surface area contributed by atoms with Gasteiger partial charge in [-0.1, -0.05) is 0 Å². The highest BCUT2D eigenvalue weighted by Crippen LogP contribution is 2.49. The molecule has 7 nitrogen and oxygen atoms in total. The number of thioether (sulfide) groups is 1. The predicted molar refractivity (Wildman–Crippen MR) is 91.9 cm³/mol. The summed E-state index contributed by atoms with van der Waals surface area (Å²) < 4.78 is 0. The van der Waals surface area contributed by atoms with Gasteiger partial charge >= 0.3 is 5.69 Å². The lowest BCUT2D eigenvalue weighted by Crippen LogP contribution is -2.30. The first-order valence-electron chi connectivity index (χ1n) is 7.66. The van der Waals surface area contributed by atoms with E-state index in [9.17, 15) is 20.0 Å². The van der Waals surface area contributed by atoms with Crippen molar-refractivity contribution in [3.8, 4) is 5.75 Å². The van der Waals surface area contributed by atoms with Crippen LogP contribution in [0, 0.1) is 16.0 Å². The van der Waals surface area contributed by atoms with E-state index in [4.69, 9.17) is 5.73 Å². The molecule has 1 aromatic rings. The Morgan fingerprint density at radius 2 is 2.17 bits per heavy atom. The van der Waals surface area contributed by atoms with Gasteiger partial charge in [0.15, 0.2) is 5.75 Å².